The number of aromatic nitrogens is 2. The first-order chi connectivity index (χ1) is 12.4. The van der Waals surface area contributed by atoms with Crippen molar-refractivity contribution in [3.63, 3.8) is 0 Å². The highest BCUT2D eigenvalue weighted by Gasteiger charge is 2.35. The zero-order valence-electron chi connectivity index (χ0n) is 14.7. The van der Waals surface area contributed by atoms with E-state index >= 15 is 0 Å². The lowest BCUT2D eigenvalue weighted by Crippen LogP contribution is -2.57. The van der Waals surface area contributed by atoms with Crippen LogP contribution in [0.4, 0.5) is 5.69 Å². The molecule has 2 aromatic rings. The van der Waals surface area contributed by atoms with E-state index in [2.05, 4.69) is 25.1 Å². The topological polar surface area (TPSA) is 107 Å². The molecular weight excluding hydrogens is 354 g/mol. The number of rotatable bonds is 5. The Morgan fingerprint density at radius 2 is 2.12 bits per heavy atom. The number of piperidine rings is 3. The van der Waals surface area contributed by atoms with E-state index in [0.717, 1.165) is 32.5 Å². The summed E-state index contributed by atoms with van der Waals surface area (Å²) in [5, 5.41) is 10.7. The number of benzene rings is 1. The van der Waals surface area contributed by atoms with E-state index in [9.17, 15) is 13.2 Å². The Bertz CT molecular complexity index is 931. The predicted octanol–water partition coefficient (Wildman–Crippen LogP) is 1.15. The van der Waals surface area contributed by atoms with Gasteiger partial charge in [-0.05, 0) is 57.0 Å². The van der Waals surface area contributed by atoms with E-state index < -0.39 is 10.0 Å². The summed E-state index contributed by atoms with van der Waals surface area (Å²) in [5.74, 6) is 0.301. The Morgan fingerprint density at radius 3 is 2.77 bits per heavy atom. The van der Waals surface area contributed by atoms with Gasteiger partial charge >= 0.3 is 0 Å². The molecule has 26 heavy (non-hydrogen) atoms. The lowest BCUT2D eigenvalue weighted by Gasteiger charge is -2.44. The minimum Gasteiger partial charge on any atom is -0.346 e. The smallest absolute Gasteiger partial charge is 0.272 e. The van der Waals surface area contributed by atoms with E-state index in [1.165, 1.54) is 0 Å². The number of H-pyrrole nitrogens is 1. The third-order valence-electron chi connectivity index (χ3n) is 5.40. The number of carbonyl (C=O) groups excluding carboxylic acids is 1. The zero-order valence-corrected chi connectivity index (χ0v) is 15.5. The van der Waals surface area contributed by atoms with E-state index in [4.69, 9.17) is 0 Å². The highest BCUT2D eigenvalue weighted by Crippen LogP contribution is 2.28. The summed E-state index contributed by atoms with van der Waals surface area (Å²) in [7, 11) is -3.37. The van der Waals surface area contributed by atoms with Crippen molar-refractivity contribution in [2.24, 2.45) is 5.92 Å². The molecule has 0 spiro atoms. The van der Waals surface area contributed by atoms with Gasteiger partial charge in [-0.15, -0.1) is 0 Å². The first-order valence-corrected chi connectivity index (χ1v) is 10.6. The molecule has 3 saturated heterocycles. The van der Waals surface area contributed by atoms with Gasteiger partial charge in [-0.25, -0.2) is 8.42 Å². The minimum absolute atomic E-state index is 0.0106. The van der Waals surface area contributed by atoms with Crippen LogP contribution in [0.1, 0.15) is 30.3 Å². The van der Waals surface area contributed by atoms with Crippen LogP contribution in [0.2, 0.25) is 0 Å². The Labute approximate surface area is 152 Å². The molecule has 1 aromatic carbocycles. The fourth-order valence-electron chi connectivity index (χ4n) is 3.87. The van der Waals surface area contributed by atoms with Crippen LogP contribution in [0.15, 0.2) is 18.2 Å². The van der Waals surface area contributed by atoms with Crippen LogP contribution < -0.4 is 10.0 Å². The first-order valence-electron chi connectivity index (χ1n) is 8.97. The lowest BCUT2D eigenvalue weighted by atomic mass is 9.84. The van der Waals surface area contributed by atoms with Crippen molar-refractivity contribution in [3.8, 4) is 0 Å². The second kappa shape index (κ2) is 6.55. The van der Waals surface area contributed by atoms with Crippen LogP contribution in [0, 0.1) is 5.92 Å². The number of hydrogen-bond acceptors (Lipinski definition) is 5. The Kier molecular flexibility index (Phi) is 4.36. The van der Waals surface area contributed by atoms with Gasteiger partial charge in [-0.1, -0.05) is 0 Å². The van der Waals surface area contributed by atoms with Crippen LogP contribution in [0.3, 0.4) is 0 Å². The second-order valence-corrected chi connectivity index (χ2v) is 9.07. The number of sulfonamides is 1. The number of carbonyl (C=O) groups is 1. The molecule has 1 atom stereocenters. The Hall–Kier alpha value is -2.13. The van der Waals surface area contributed by atoms with Crippen molar-refractivity contribution in [2.75, 3.05) is 30.1 Å². The molecule has 0 saturated carbocycles. The van der Waals surface area contributed by atoms with Gasteiger partial charge in [-0.2, -0.15) is 5.10 Å². The fraction of sp³-hybridized carbons (Fsp3) is 0.529. The largest absolute Gasteiger partial charge is 0.346 e. The third-order valence-corrected chi connectivity index (χ3v) is 6.71. The van der Waals surface area contributed by atoms with Crippen molar-refractivity contribution in [1.82, 2.24) is 20.4 Å². The molecule has 0 unspecified atom stereocenters. The summed E-state index contributed by atoms with van der Waals surface area (Å²) in [5.41, 5.74) is 1.43. The van der Waals surface area contributed by atoms with Crippen molar-refractivity contribution < 1.29 is 13.2 Å². The van der Waals surface area contributed by atoms with Crippen molar-refractivity contribution >= 4 is 32.5 Å². The molecule has 5 rings (SSSR count). The summed E-state index contributed by atoms with van der Waals surface area (Å²) in [6.07, 6.45) is 2.24. The van der Waals surface area contributed by atoms with Crippen molar-refractivity contribution in [3.05, 3.63) is 23.9 Å². The quantitative estimate of drug-likeness (QED) is 0.725. The Morgan fingerprint density at radius 1 is 1.35 bits per heavy atom. The highest BCUT2D eigenvalue weighted by molar-refractivity contribution is 7.92. The molecule has 4 heterocycles. The standard InChI is InChI=1S/C17H23N5O3S/c1-2-26(24,25)21-12-3-4-14-13(9-12)16(20-19-14)17(23)18-15-10-22-7-5-11(15)6-8-22/h3-4,9,11,15,21H,2,5-8,10H2,1H3,(H,18,23)(H,19,20)/t15-/m0/s1. The van der Waals surface area contributed by atoms with E-state index in [1.54, 1.807) is 25.1 Å². The minimum atomic E-state index is -3.37. The normalized spacial score (nSPS) is 25.3. The SMILES string of the molecule is CCS(=O)(=O)Nc1ccc2[nH]nc(C(=O)N[C@H]3CN4CCC3CC4)c2c1. The van der Waals surface area contributed by atoms with E-state index in [0.29, 0.717) is 28.2 Å². The van der Waals surface area contributed by atoms with Gasteiger partial charge in [0, 0.05) is 23.7 Å². The number of aromatic amines is 1. The molecule has 0 radical (unpaired) electrons. The maximum Gasteiger partial charge on any atom is 0.272 e. The van der Waals surface area contributed by atoms with Crippen LogP contribution in [-0.4, -0.2) is 60.9 Å². The van der Waals surface area contributed by atoms with Crippen molar-refractivity contribution in [2.45, 2.75) is 25.8 Å². The summed E-state index contributed by atoms with van der Waals surface area (Å²) in [6, 6.07) is 5.18. The molecular formula is C17H23N5O3S. The summed E-state index contributed by atoms with van der Waals surface area (Å²) >= 11 is 0. The molecule has 2 bridgehead atoms. The van der Waals surface area contributed by atoms with Gasteiger partial charge in [-0.3, -0.25) is 14.6 Å². The van der Waals surface area contributed by atoms with Gasteiger partial charge in [0.05, 0.1) is 11.3 Å². The molecule has 1 amide bonds. The molecule has 3 aliphatic heterocycles. The van der Waals surface area contributed by atoms with E-state index in [1.807, 2.05) is 0 Å². The highest BCUT2D eigenvalue weighted by atomic mass is 32.2. The van der Waals surface area contributed by atoms with Crippen molar-refractivity contribution in [1.29, 1.82) is 0 Å². The van der Waals surface area contributed by atoms with Gasteiger partial charge in [0.25, 0.3) is 5.91 Å². The average Bonchev–Trinajstić information content (AvgIpc) is 3.06. The molecule has 8 nitrogen and oxygen atoms in total. The van der Waals surface area contributed by atoms with Gasteiger partial charge in [0.2, 0.25) is 10.0 Å². The number of nitrogens with zero attached hydrogens (tertiary/aromatic N) is 2. The third kappa shape index (κ3) is 3.28. The number of anilines is 1. The molecule has 1 aromatic heterocycles. The van der Waals surface area contributed by atoms with Crippen LogP contribution in [-0.2, 0) is 10.0 Å². The molecule has 0 aliphatic carbocycles. The summed E-state index contributed by atoms with van der Waals surface area (Å²) in [4.78, 5) is 15.1. The molecule has 9 heteroatoms. The molecule has 140 valence electrons. The maximum absolute atomic E-state index is 12.8. The number of amides is 1. The Balaban J connectivity index is 1.56. The zero-order chi connectivity index (χ0) is 18.3. The predicted molar refractivity (Wildman–Crippen MR) is 99.6 cm³/mol. The lowest BCUT2D eigenvalue weighted by molar-refractivity contribution is 0.0618. The number of nitrogens with one attached hydrogen (secondary N) is 3. The molecule has 3 N–H and O–H groups in total. The number of fused-ring (bicyclic) bond motifs is 4. The second-order valence-electron chi connectivity index (χ2n) is 7.06. The fourth-order valence-corrected chi connectivity index (χ4v) is 4.50. The van der Waals surface area contributed by atoms with Crippen LogP contribution in [0.25, 0.3) is 10.9 Å². The molecule has 3 aliphatic rings. The van der Waals surface area contributed by atoms with Gasteiger partial charge in [0.1, 0.15) is 0 Å². The average molecular weight is 377 g/mol. The van der Waals surface area contributed by atoms with Gasteiger partial charge in [0.15, 0.2) is 5.69 Å². The first kappa shape index (κ1) is 17.3. The molecule has 3 fully saturated rings. The van der Waals surface area contributed by atoms with E-state index in [-0.39, 0.29) is 17.7 Å². The number of hydrogen-bond donors (Lipinski definition) is 3. The maximum atomic E-state index is 12.8. The monoisotopic (exact) mass is 377 g/mol. The summed E-state index contributed by atoms with van der Waals surface area (Å²) < 4.78 is 26.1. The van der Waals surface area contributed by atoms with Crippen LogP contribution >= 0.6 is 0 Å². The van der Waals surface area contributed by atoms with Gasteiger partial charge < -0.3 is 10.2 Å². The van der Waals surface area contributed by atoms with Crippen LogP contribution in [0.5, 0.6) is 0 Å². The summed E-state index contributed by atoms with van der Waals surface area (Å²) in [6.45, 7) is 4.69.